The maximum absolute atomic E-state index is 12.6. The Labute approximate surface area is 173 Å². The van der Waals surface area contributed by atoms with Gasteiger partial charge in [0.25, 0.3) is 0 Å². The van der Waals surface area contributed by atoms with E-state index in [4.69, 9.17) is 0 Å². The first-order chi connectivity index (χ1) is 14.0. The van der Waals surface area contributed by atoms with Gasteiger partial charge in [-0.3, -0.25) is 14.6 Å². The number of carbonyl (C=O) groups excluding carboxylic acids is 2. The van der Waals surface area contributed by atoms with Crippen molar-refractivity contribution in [2.75, 3.05) is 40.3 Å². The Bertz CT molecular complexity index is 713. The van der Waals surface area contributed by atoms with Gasteiger partial charge in [-0.15, -0.1) is 0 Å². The number of aliphatic imine (C=N–C) groups is 1. The molecule has 2 aliphatic heterocycles. The molecule has 1 aromatic rings. The van der Waals surface area contributed by atoms with E-state index in [1.54, 1.807) is 11.9 Å². The van der Waals surface area contributed by atoms with E-state index in [-0.39, 0.29) is 24.4 Å². The zero-order valence-corrected chi connectivity index (χ0v) is 17.6. The van der Waals surface area contributed by atoms with Crippen LogP contribution in [0.5, 0.6) is 0 Å². The summed E-state index contributed by atoms with van der Waals surface area (Å²) >= 11 is 0. The molecule has 2 N–H and O–H groups in total. The van der Waals surface area contributed by atoms with E-state index in [0.29, 0.717) is 24.8 Å². The van der Waals surface area contributed by atoms with Crippen LogP contribution < -0.4 is 10.6 Å². The van der Waals surface area contributed by atoms with E-state index in [9.17, 15) is 9.59 Å². The summed E-state index contributed by atoms with van der Waals surface area (Å²) in [4.78, 5) is 32.1. The van der Waals surface area contributed by atoms with Crippen LogP contribution in [0.2, 0.25) is 0 Å². The monoisotopic (exact) mass is 399 g/mol. The Balaban J connectivity index is 1.38. The van der Waals surface area contributed by atoms with Crippen LogP contribution in [0.15, 0.2) is 35.3 Å². The lowest BCUT2D eigenvalue weighted by Gasteiger charge is -2.33. The summed E-state index contributed by atoms with van der Waals surface area (Å²) in [6, 6.07) is 10.7. The van der Waals surface area contributed by atoms with Gasteiger partial charge >= 0.3 is 0 Å². The third kappa shape index (κ3) is 6.21. The largest absolute Gasteiger partial charge is 0.352 e. The summed E-state index contributed by atoms with van der Waals surface area (Å²) in [7, 11) is 3.52. The third-order valence-electron chi connectivity index (χ3n) is 5.93. The fourth-order valence-electron chi connectivity index (χ4n) is 4.12. The fourth-order valence-corrected chi connectivity index (χ4v) is 4.12. The third-order valence-corrected chi connectivity index (χ3v) is 5.93. The molecular weight excluding hydrogens is 366 g/mol. The molecule has 3 rings (SSSR count). The molecule has 7 nitrogen and oxygen atoms in total. The van der Waals surface area contributed by atoms with Gasteiger partial charge in [-0.25, -0.2) is 0 Å². The second-order valence-corrected chi connectivity index (χ2v) is 8.09. The Morgan fingerprint density at radius 1 is 1.17 bits per heavy atom. The highest BCUT2D eigenvalue weighted by Crippen LogP contribution is 2.21. The predicted octanol–water partition coefficient (Wildman–Crippen LogP) is 1.25. The van der Waals surface area contributed by atoms with E-state index in [1.807, 2.05) is 18.0 Å². The molecule has 1 unspecified atom stereocenters. The van der Waals surface area contributed by atoms with Gasteiger partial charge in [-0.2, -0.15) is 0 Å². The Morgan fingerprint density at radius 2 is 1.90 bits per heavy atom. The van der Waals surface area contributed by atoms with Gasteiger partial charge in [0.1, 0.15) is 0 Å². The van der Waals surface area contributed by atoms with Gasteiger partial charge in [0.2, 0.25) is 11.8 Å². The number of hydrogen-bond donors (Lipinski definition) is 2. The second-order valence-electron chi connectivity index (χ2n) is 8.09. The van der Waals surface area contributed by atoms with E-state index < -0.39 is 0 Å². The number of rotatable bonds is 5. The molecule has 0 aromatic heterocycles. The van der Waals surface area contributed by atoms with Gasteiger partial charge in [0.05, 0.1) is 6.54 Å². The maximum Gasteiger partial charge on any atom is 0.241 e. The molecule has 0 saturated carbocycles. The molecule has 1 atom stereocenters. The van der Waals surface area contributed by atoms with Crippen LogP contribution in [0, 0.1) is 5.92 Å². The fraction of sp³-hybridized carbons (Fsp3) is 0.591. The van der Waals surface area contributed by atoms with Crippen molar-refractivity contribution in [1.82, 2.24) is 20.4 Å². The molecule has 0 aliphatic carbocycles. The minimum atomic E-state index is 0.113. The summed E-state index contributed by atoms with van der Waals surface area (Å²) < 4.78 is 0. The van der Waals surface area contributed by atoms with Crippen molar-refractivity contribution < 1.29 is 9.59 Å². The first kappa shape index (κ1) is 21.1. The van der Waals surface area contributed by atoms with Gasteiger partial charge in [-0.1, -0.05) is 30.3 Å². The van der Waals surface area contributed by atoms with Crippen LogP contribution in [0.25, 0.3) is 0 Å². The summed E-state index contributed by atoms with van der Waals surface area (Å²) in [5, 5.41) is 6.46. The zero-order valence-electron chi connectivity index (χ0n) is 17.6. The first-order valence-corrected chi connectivity index (χ1v) is 10.6. The summed E-state index contributed by atoms with van der Waals surface area (Å²) in [6.07, 6.45) is 4.52. The minimum absolute atomic E-state index is 0.113. The number of nitrogens with one attached hydrogen (secondary N) is 2. The lowest BCUT2D eigenvalue weighted by molar-refractivity contribution is -0.132. The smallest absolute Gasteiger partial charge is 0.241 e. The van der Waals surface area contributed by atoms with Crippen LogP contribution in [0.4, 0.5) is 0 Å². The standard InChI is InChI=1S/C22H33N5O2/c1-23-22(25-19-8-9-20(28)26(2)16-19)24-15-21(29)27-12-10-18(11-13-27)14-17-6-4-3-5-7-17/h3-7,18-19H,8-16H2,1-2H3,(H2,23,24,25). The summed E-state index contributed by atoms with van der Waals surface area (Å²) in [6.45, 7) is 2.53. The van der Waals surface area contributed by atoms with Crippen LogP contribution in [-0.4, -0.2) is 73.9 Å². The molecule has 7 heteroatoms. The van der Waals surface area contributed by atoms with Crippen LogP contribution in [0.1, 0.15) is 31.2 Å². The molecule has 158 valence electrons. The van der Waals surface area contributed by atoms with Crippen molar-refractivity contribution in [3.63, 3.8) is 0 Å². The highest BCUT2D eigenvalue weighted by Gasteiger charge is 2.25. The van der Waals surface area contributed by atoms with Gasteiger partial charge in [0.15, 0.2) is 5.96 Å². The van der Waals surface area contributed by atoms with E-state index in [1.165, 1.54) is 5.56 Å². The SMILES string of the molecule is CN=C(NCC(=O)N1CCC(Cc2ccccc2)CC1)NC1CCC(=O)N(C)C1. The van der Waals surface area contributed by atoms with E-state index >= 15 is 0 Å². The number of amides is 2. The maximum atomic E-state index is 12.6. The highest BCUT2D eigenvalue weighted by molar-refractivity contribution is 5.87. The zero-order chi connectivity index (χ0) is 20.6. The average Bonchev–Trinajstić information content (AvgIpc) is 2.74. The molecule has 0 bridgehead atoms. The van der Waals surface area contributed by atoms with Crippen molar-refractivity contribution in [1.29, 1.82) is 0 Å². The van der Waals surface area contributed by atoms with E-state index in [2.05, 4.69) is 39.9 Å². The van der Waals surface area contributed by atoms with Crippen molar-refractivity contribution in [3.8, 4) is 0 Å². The number of likely N-dealkylation sites (tertiary alicyclic amines) is 2. The number of likely N-dealkylation sites (N-methyl/N-ethyl adjacent to an activating group) is 1. The lowest BCUT2D eigenvalue weighted by Crippen LogP contribution is -2.53. The molecule has 2 amide bonds. The first-order valence-electron chi connectivity index (χ1n) is 10.6. The number of piperidine rings is 2. The van der Waals surface area contributed by atoms with Crippen molar-refractivity contribution in [2.45, 2.75) is 38.1 Å². The van der Waals surface area contributed by atoms with Crippen molar-refractivity contribution >= 4 is 17.8 Å². The van der Waals surface area contributed by atoms with Gasteiger partial charge in [0, 0.05) is 46.2 Å². The number of hydrogen-bond acceptors (Lipinski definition) is 3. The molecule has 0 radical (unpaired) electrons. The number of nitrogens with zero attached hydrogens (tertiary/aromatic N) is 3. The molecular formula is C22H33N5O2. The number of guanidine groups is 1. The van der Waals surface area contributed by atoms with Crippen molar-refractivity contribution in [3.05, 3.63) is 35.9 Å². The molecule has 1 aromatic carbocycles. The number of carbonyl (C=O) groups is 2. The molecule has 29 heavy (non-hydrogen) atoms. The average molecular weight is 400 g/mol. The Hall–Kier alpha value is -2.57. The molecule has 2 aliphatic rings. The number of benzene rings is 1. The van der Waals surface area contributed by atoms with Gasteiger partial charge < -0.3 is 20.4 Å². The topological polar surface area (TPSA) is 77.0 Å². The molecule has 0 spiro atoms. The second kappa shape index (κ2) is 10.3. The molecule has 2 fully saturated rings. The van der Waals surface area contributed by atoms with Gasteiger partial charge in [-0.05, 0) is 37.2 Å². The Morgan fingerprint density at radius 3 is 2.55 bits per heavy atom. The highest BCUT2D eigenvalue weighted by atomic mass is 16.2. The molecule has 2 saturated heterocycles. The van der Waals surface area contributed by atoms with E-state index in [0.717, 1.165) is 38.8 Å². The van der Waals surface area contributed by atoms with Crippen LogP contribution >= 0.6 is 0 Å². The lowest BCUT2D eigenvalue weighted by atomic mass is 9.90. The quantitative estimate of drug-likeness (QED) is 0.577. The summed E-state index contributed by atoms with van der Waals surface area (Å²) in [5.41, 5.74) is 1.38. The summed E-state index contributed by atoms with van der Waals surface area (Å²) in [5.74, 6) is 1.55. The van der Waals surface area contributed by atoms with Crippen LogP contribution in [0.3, 0.4) is 0 Å². The molecule has 2 heterocycles. The predicted molar refractivity (Wildman–Crippen MR) is 115 cm³/mol. The van der Waals surface area contributed by atoms with Crippen molar-refractivity contribution in [2.24, 2.45) is 10.9 Å². The van der Waals surface area contributed by atoms with Crippen LogP contribution in [-0.2, 0) is 16.0 Å². The minimum Gasteiger partial charge on any atom is -0.352 e. The Kier molecular flexibility index (Phi) is 7.49. The normalized spacial score (nSPS) is 21.2.